The normalized spacial score (nSPS) is 10.9. The van der Waals surface area contributed by atoms with Gasteiger partial charge in [-0.25, -0.2) is 4.79 Å². The molecule has 0 bridgehead atoms. The number of hydrogen-bond acceptors (Lipinski definition) is 5. The van der Waals surface area contributed by atoms with Crippen molar-refractivity contribution in [3.63, 3.8) is 0 Å². The van der Waals surface area contributed by atoms with E-state index in [0.717, 1.165) is 11.6 Å². The first-order valence-corrected chi connectivity index (χ1v) is 7.89. The van der Waals surface area contributed by atoms with Gasteiger partial charge in [0.1, 0.15) is 17.3 Å². The highest BCUT2D eigenvalue weighted by molar-refractivity contribution is 7.86. The summed E-state index contributed by atoms with van der Waals surface area (Å²) in [6.45, 7) is 0.0841. The molecule has 0 radical (unpaired) electrons. The number of methoxy groups -OCH3 is 1. The minimum Gasteiger partial charge on any atom is -0.495 e. The largest absolute Gasteiger partial charge is 0.495 e. The zero-order chi connectivity index (χ0) is 16.9. The Labute approximate surface area is 133 Å². The summed E-state index contributed by atoms with van der Waals surface area (Å²) in [5.41, 5.74) is 1.03. The van der Waals surface area contributed by atoms with Gasteiger partial charge in [0.2, 0.25) is 0 Å². The molecule has 2 aromatic rings. The van der Waals surface area contributed by atoms with Crippen molar-refractivity contribution in [2.24, 2.45) is 0 Å². The van der Waals surface area contributed by atoms with Crippen LogP contribution in [0.25, 0.3) is 0 Å². The Morgan fingerprint density at radius 2 is 1.87 bits per heavy atom. The van der Waals surface area contributed by atoms with Crippen LogP contribution in [0.4, 0.5) is 14.4 Å². The lowest BCUT2D eigenvalue weighted by atomic mass is 10.2. The van der Waals surface area contributed by atoms with Crippen LogP contribution in [0.2, 0.25) is 0 Å². The molecule has 0 atom stereocenters. The molecule has 0 heterocycles. The molecule has 0 saturated carbocycles. The van der Waals surface area contributed by atoms with E-state index in [4.69, 9.17) is 9.47 Å². The fraction of sp³-hybridized carbons (Fsp3) is 0.133. The van der Waals surface area contributed by atoms with E-state index in [1.807, 2.05) is 18.2 Å². The van der Waals surface area contributed by atoms with E-state index >= 15 is 0 Å². The molecule has 0 saturated heterocycles. The van der Waals surface area contributed by atoms with Crippen molar-refractivity contribution in [1.82, 2.24) is 0 Å². The summed E-state index contributed by atoms with van der Waals surface area (Å²) in [5.74, 6) is -0.214. The van der Waals surface area contributed by atoms with Gasteiger partial charge in [-0.1, -0.05) is 30.3 Å². The highest BCUT2D eigenvalue weighted by atomic mass is 32.3. The number of anilines is 1. The van der Waals surface area contributed by atoms with Crippen LogP contribution in [-0.2, 0) is 21.6 Å². The van der Waals surface area contributed by atoms with Crippen LogP contribution in [0.15, 0.2) is 53.4 Å². The van der Waals surface area contributed by atoms with E-state index in [1.54, 1.807) is 12.1 Å². The Kier molecular flexibility index (Phi) is 5.17. The fourth-order valence-corrected chi connectivity index (χ4v) is 2.44. The molecule has 0 spiro atoms. The topological polar surface area (TPSA) is 81.7 Å². The third-order valence-electron chi connectivity index (χ3n) is 2.89. The summed E-state index contributed by atoms with van der Waals surface area (Å²) in [5, 5.41) is 2.41. The third kappa shape index (κ3) is 4.68. The Morgan fingerprint density at radius 3 is 2.48 bits per heavy atom. The average Bonchev–Trinajstić information content (AvgIpc) is 2.52. The molecule has 2 rings (SSSR count). The minimum absolute atomic E-state index is 0.0841. The summed E-state index contributed by atoms with van der Waals surface area (Å²) in [6.07, 6.45) is -0.730. The molecule has 2 aromatic carbocycles. The van der Waals surface area contributed by atoms with Crippen molar-refractivity contribution in [1.29, 1.82) is 0 Å². The van der Waals surface area contributed by atoms with Crippen LogP contribution in [0, 0.1) is 0 Å². The lowest BCUT2D eigenvalue weighted by Crippen LogP contribution is -2.13. The van der Waals surface area contributed by atoms with Gasteiger partial charge in [-0.2, -0.15) is 8.42 Å². The smallest absolute Gasteiger partial charge is 0.411 e. The van der Waals surface area contributed by atoms with Gasteiger partial charge < -0.3 is 9.47 Å². The molecule has 1 N–H and O–H groups in total. The number of hydrogen-bond donors (Lipinski definition) is 1. The Hall–Kier alpha value is -2.61. The molecule has 0 aliphatic carbocycles. The molecule has 0 unspecified atom stereocenters. The molecule has 8 heteroatoms. The van der Waals surface area contributed by atoms with Gasteiger partial charge in [0, 0.05) is 11.8 Å². The molecule has 0 fully saturated rings. The second-order valence-electron chi connectivity index (χ2n) is 4.49. The van der Waals surface area contributed by atoms with E-state index in [0.29, 0.717) is 0 Å². The number of carbonyl (C=O) groups is 1. The molecular weight excluding hydrogens is 325 g/mol. The maximum absolute atomic E-state index is 13.1. The van der Waals surface area contributed by atoms with Gasteiger partial charge in [-0.05, 0) is 17.7 Å². The van der Waals surface area contributed by atoms with Crippen molar-refractivity contribution in [2.75, 3.05) is 12.4 Å². The summed E-state index contributed by atoms with van der Waals surface area (Å²) < 4.78 is 44.8. The number of ether oxygens (including phenoxy) is 2. The van der Waals surface area contributed by atoms with Gasteiger partial charge in [-0.3, -0.25) is 5.32 Å². The zero-order valence-corrected chi connectivity index (χ0v) is 13.0. The first kappa shape index (κ1) is 16.8. The van der Waals surface area contributed by atoms with Gasteiger partial charge in [0.25, 0.3) is 0 Å². The SMILES string of the molecule is COc1cc(NC(=O)OCc2ccccc2)ccc1S(=O)(=O)F. The summed E-state index contributed by atoms with van der Waals surface area (Å²) >= 11 is 0. The Bertz CT molecular complexity index is 793. The summed E-state index contributed by atoms with van der Waals surface area (Å²) in [7, 11) is -3.71. The fourth-order valence-electron chi connectivity index (χ4n) is 1.82. The molecular formula is C15H14FNO5S. The molecule has 6 nitrogen and oxygen atoms in total. The number of rotatable bonds is 5. The molecule has 0 aromatic heterocycles. The van der Waals surface area contributed by atoms with Crippen LogP contribution in [0.3, 0.4) is 0 Å². The van der Waals surface area contributed by atoms with Gasteiger partial charge >= 0.3 is 16.3 Å². The first-order valence-electron chi connectivity index (χ1n) is 6.50. The quantitative estimate of drug-likeness (QED) is 0.847. The predicted molar refractivity (Wildman–Crippen MR) is 81.5 cm³/mol. The van der Waals surface area contributed by atoms with Gasteiger partial charge in [0.05, 0.1) is 7.11 Å². The molecule has 0 aliphatic rings. The van der Waals surface area contributed by atoms with Crippen LogP contribution in [-0.4, -0.2) is 21.6 Å². The predicted octanol–water partition coefficient (Wildman–Crippen LogP) is 3.10. The van der Waals surface area contributed by atoms with Crippen LogP contribution in [0.5, 0.6) is 5.75 Å². The molecule has 23 heavy (non-hydrogen) atoms. The second-order valence-corrected chi connectivity index (χ2v) is 5.81. The van der Waals surface area contributed by atoms with E-state index in [1.165, 1.54) is 19.2 Å². The highest BCUT2D eigenvalue weighted by Crippen LogP contribution is 2.28. The van der Waals surface area contributed by atoms with Crippen molar-refractivity contribution in [3.8, 4) is 5.75 Å². The maximum Gasteiger partial charge on any atom is 0.411 e. The number of nitrogens with one attached hydrogen (secondary N) is 1. The number of halogens is 1. The third-order valence-corrected chi connectivity index (χ3v) is 3.75. The van der Waals surface area contributed by atoms with Crippen molar-refractivity contribution < 1.29 is 26.6 Å². The summed E-state index contributed by atoms with van der Waals surface area (Å²) in [4.78, 5) is 11.1. The van der Waals surface area contributed by atoms with Crippen LogP contribution < -0.4 is 10.1 Å². The monoisotopic (exact) mass is 339 g/mol. The van der Waals surface area contributed by atoms with Crippen LogP contribution >= 0.6 is 0 Å². The molecule has 122 valence electrons. The zero-order valence-electron chi connectivity index (χ0n) is 12.2. The summed E-state index contributed by atoms with van der Waals surface area (Å²) in [6, 6.07) is 12.5. The van der Waals surface area contributed by atoms with Crippen LogP contribution in [0.1, 0.15) is 5.56 Å². The molecule has 1 amide bonds. The minimum atomic E-state index is -4.91. The van der Waals surface area contributed by atoms with E-state index < -0.39 is 21.2 Å². The Morgan fingerprint density at radius 1 is 1.17 bits per heavy atom. The average molecular weight is 339 g/mol. The van der Waals surface area contributed by atoms with E-state index in [2.05, 4.69) is 5.32 Å². The van der Waals surface area contributed by atoms with Gasteiger partial charge in [-0.15, -0.1) is 3.89 Å². The van der Waals surface area contributed by atoms with Crippen molar-refractivity contribution in [2.45, 2.75) is 11.5 Å². The van der Waals surface area contributed by atoms with E-state index in [-0.39, 0.29) is 18.0 Å². The lowest BCUT2D eigenvalue weighted by Gasteiger charge is -2.10. The highest BCUT2D eigenvalue weighted by Gasteiger charge is 2.19. The number of carbonyl (C=O) groups excluding carboxylic acids is 1. The number of benzene rings is 2. The van der Waals surface area contributed by atoms with E-state index in [9.17, 15) is 17.1 Å². The maximum atomic E-state index is 13.1. The number of amides is 1. The van der Waals surface area contributed by atoms with Crippen molar-refractivity contribution in [3.05, 3.63) is 54.1 Å². The van der Waals surface area contributed by atoms with Crippen molar-refractivity contribution >= 4 is 22.0 Å². The standard InChI is InChI=1S/C15H14FNO5S/c1-21-13-9-12(7-8-14(13)23(16,19)20)17-15(18)22-10-11-5-3-2-4-6-11/h2-9H,10H2,1H3,(H,17,18). The Balaban J connectivity index is 2.04. The lowest BCUT2D eigenvalue weighted by molar-refractivity contribution is 0.155. The van der Waals surface area contributed by atoms with Gasteiger partial charge in [0.15, 0.2) is 0 Å². The first-order chi connectivity index (χ1) is 10.9. The molecule has 0 aliphatic heterocycles. The second kappa shape index (κ2) is 7.10.